The number of hydrogen-bond acceptors (Lipinski definition) is 7. The molecule has 0 bridgehead atoms. The van der Waals surface area contributed by atoms with Crippen LogP contribution in [0.3, 0.4) is 0 Å². The first-order chi connectivity index (χ1) is 20.7. The Labute approximate surface area is 245 Å². The van der Waals surface area contributed by atoms with Gasteiger partial charge in [-0.25, -0.2) is 14.8 Å². The molecule has 0 fully saturated rings. The summed E-state index contributed by atoms with van der Waals surface area (Å²) in [5.41, 5.74) is 9.00. The number of aromatic amines is 1. The fraction of sp³-hybridized carbons (Fsp3) is 0.194. The van der Waals surface area contributed by atoms with Gasteiger partial charge in [-0.2, -0.15) is 0 Å². The molecule has 0 aliphatic carbocycles. The van der Waals surface area contributed by atoms with Crippen molar-refractivity contribution >= 4 is 40.5 Å². The van der Waals surface area contributed by atoms with Crippen LogP contribution in [0.4, 0.5) is 11.6 Å². The summed E-state index contributed by atoms with van der Waals surface area (Å²) in [5.74, 6) is -0.545. The van der Waals surface area contributed by atoms with Crippen molar-refractivity contribution in [2.45, 2.75) is 20.4 Å². The molecule has 0 saturated carbocycles. The average molecular weight is 580 g/mol. The third kappa shape index (κ3) is 5.37. The van der Waals surface area contributed by atoms with Crippen LogP contribution in [0.25, 0.3) is 33.5 Å². The summed E-state index contributed by atoms with van der Waals surface area (Å²) in [4.78, 5) is 50.8. The number of fused-ring (bicyclic) bond motifs is 4. The Morgan fingerprint density at radius 2 is 1.88 bits per heavy atom. The van der Waals surface area contributed by atoms with Gasteiger partial charge >= 0.3 is 5.97 Å². The highest BCUT2D eigenvalue weighted by Gasteiger charge is 2.26. The second-order valence-electron chi connectivity index (χ2n) is 10.7. The van der Waals surface area contributed by atoms with Crippen molar-refractivity contribution in [2.24, 2.45) is 5.92 Å². The summed E-state index contributed by atoms with van der Waals surface area (Å²) in [6, 6.07) is 12.9. The number of rotatable bonds is 7. The molecule has 2 aromatic heterocycles. The minimum absolute atomic E-state index is 0.129. The molecule has 12 heteroatoms. The summed E-state index contributed by atoms with van der Waals surface area (Å²) >= 11 is 0. The molecule has 6 N–H and O–H groups in total. The number of nitrogens with zero attached hydrogens (tertiary/aromatic N) is 3. The number of carbonyl (C=O) groups excluding carboxylic acids is 2. The van der Waals surface area contributed by atoms with E-state index < -0.39 is 11.9 Å². The summed E-state index contributed by atoms with van der Waals surface area (Å²) < 4.78 is 7.97. The Balaban J connectivity index is 1.47. The van der Waals surface area contributed by atoms with E-state index in [2.05, 4.69) is 25.6 Å². The predicted octanol–water partition coefficient (Wildman–Crippen LogP) is 4.40. The van der Waals surface area contributed by atoms with E-state index in [0.29, 0.717) is 59.1 Å². The molecule has 0 atom stereocenters. The highest BCUT2D eigenvalue weighted by Crippen LogP contribution is 2.39. The lowest BCUT2D eigenvalue weighted by Gasteiger charge is -2.17. The first kappa shape index (κ1) is 27.5. The summed E-state index contributed by atoms with van der Waals surface area (Å²) in [6.07, 6.45) is 3.51. The molecule has 5 aromatic rings. The number of nitrogens with two attached hydrogens (primary N) is 1. The van der Waals surface area contributed by atoms with E-state index in [1.165, 1.54) is 6.07 Å². The Bertz CT molecular complexity index is 1910. The zero-order chi connectivity index (χ0) is 30.2. The molecule has 0 radical (unpaired) electrons. The lowest BCUT2D eigenvalue weighted by atomic mass is 9.91. The summed E-state index contributed by atoms with van der Waals surface area (Å²) in [6.45, 7) is 5.29. The van der Waals surface area contributed by atoms with Crippen LogP contribution in [0, 0.1) is 5.92 Å². The van der Waals surface area contributed by atoms with Crippen molar-refractivity contribution in [3.05, 3.63) is 77.6 Å². The number of anilines is 2. The molecular formula is C31H29N7O5. The normalized spacial score (nSPS) is 12.3. The van der Waals surface area contributed by atoms with E-state index in [1.807, 2.05) is 24.6 Å². The SMILES string of the molecule is CC(C)CNC(=O)c1ccc(-c2cc3c(cc2C(=O)Nc2ccc4nc(N)[nH]c4c2)-c2nccn2CCO3)c(C(=O)O)c1. The van der Waals surface area contributed by atoms with Crippen LogP contribution in [0.2, 0.25) is 0 Å². The van der Waals surface area contributed by atoms with Gasteiger partial charge in [-0.05, 0) is 59.5 Å². The van der Waals surface area contributed by atoms with Crippen molar-refractivity contribution in [1.29, 1.82) is 0 Å². The van der Waals surface area contributed by atoms with Gasteiger partial charge in [-0.3, -0.25) is 9.59 Å². The van der Waals surface area contributed by atoms with Crippen molar-refractivity contribution in [3.8, 4) is 28.3 Å². The first-order valence-corrected chi connectivity index (χ1v) is 13.7. The van der Waals surface area contributed by atoms with Gasteiger partial charge in [0.2, 0.25) is 0 Å². The average Bonchev–Trinajstić information content (AvgIpc) is 3.56. The van der Waals surface area contributed by atoms with Crippen molar-refractivity contribution in [1.82, 2.24) is 24.8 Å². The van der Waals surface area contributed by atoms with Crippen LogP contribution in [0.1, 0.15) is 44.9 Å². The molecule has 0 saturated heterocycles. The molecule has 1 aliphatic rings. The van der Waals surface area contributed by atoms with E-state index in [9.17, 15) is 19.5 Å². The van der Waals surface area contributed by atoms with Crippen molar-refractivity contribution in [2.75, 3.05) is 24.2 Å². The zero-order valence-electron chi connectivity index (χ0n) is 23.5. The molecular weight excluding hydrogens is 550 g/mol. The van der Waals surface area contributed by atoms with Gasteiger partial charge in [0.05, 0.1) is 28.7 Å². The molecule has 218 valence electrons. The van der Waals surface area contributed by atoms with Gasteiger partial charge in [0.25, 0.3) is 11.8 Å². The molecule has 2 amide bonds. The van der Waals surface area contributed by atoms with Gasteiger partial charge in [0.15, 0.2) is 5.95 Å². The summed E-state index contributed by atoms with van der Waals surface area (Å²) in [5, 5.41) is 15.9. The molecule has 6 rings (SSSR count). The predicted molar refractivity (Wildman–Crippen MR) is 161 cm³/mol. The van der Waals surface area contributed by atoms with Crippen LogP contribution >= 0.6 is 0 Å². The van der Waals surface area contributed by atoms with Gasteiger partial charge in [0.1, 0.15) is 18.2 Å². The molecule has 12 nitrogen and oxygen atoms in total. The van der Waals surface area contributed by atoms with Gasteiger partial charge in [-0.1, -0.05) is 19.9 Å². The standard InChI is InChI=1S/C31H29N7O5/c1-16(2)15-34-28(39)17-3-5-19(22(11-17)30(41)42)20-14-26-23(27-33-7-8-38(27)9-10-43-26)13-21(20)29(40)35-18-4-6-24-25(12-18)37-31(32)36-24/h3-8,11-14,16H,9-10,15H2,1-2H3,(H,34,39)(H,35,40)(H,41,42)(H3,32,36,37). The number of carbonyl (C=O) groups is 3. The molecule has 0 unspecified atom stereocenters. The first-order valence-electron chi connectivity index (χ1n) is 13.7. The number of H-pyrrole nitrogens is 1. The largest absolute Gasteiger partial charge is 0.491 e. The van der Waals surface area contributed by atoms with E-state index in [4.69, 9.17) is 10.5 Å². The molecule has 43 heavy (non-hydrogen) atoms. The number of aromatic carboxylic acids is 1. The van der Waals surface area contributed by atoms with E-state index in [-0.39, 0.29) is 40.0 Å². The maximum atomic E-state index is 13.9. The topological polar surface area (TPSA) is 177 Å². The Hall–Kier alpha value is -5.65. The smallest absolute Gasteiger partial charge is 0.336 e. The second kappa shape index (κ2) is 11.0. The number of imidazole rings is 2. The van der Waals surface area contributed by atoms with Crippen LogP contribution in [0.15, 0.2) is 60.9 Å². The quantitative estimate of drug-likeness (QED) is 0.188. The Morgan fingerprint density at radius 3 is 2.67 bits per heavy atom. The summed E-state index contributed by atoms with van der Waals surface area (Å²) in [7, 11) is 0. The maximum Gasteiger partial charge on any atom is 0.336 e. The van der Waals surface area contributed by atoms with Crippen LogP contribution in [0.5, 0.6) is 5.75 Å². The van der Waals surface area contributed by atoms with Gasteiger partial charge in [0, 0.05) is 35.8 Å². The van der Waals surface area contributed by atoms with Crippen LogP contribution < -0.4 is 21.1 Å². The number of nitrogen functional groups attached to an aromatic ring is 1. The fourth-order valence-corrected chi connectivity index (χ4v) is 5.07. The van der Waals surface area contributed by atoms with E-state index in [1.54, 1.807) is 48.7 Å². The van der Waals surface area contributed by atoms with Gasteiger partial charge < -0.3 is 35.8 Å². The number of hydrogen-bond donors (Lipinski definition) is 5. The molecule has 3 aromatic carbocycles. The zero-order valence-corrected chi connectivity index (χ0v) is 23.5. The second-order valence-corrected chi connectivity index (χ2v) is 10.7. The number of aromatic nitrogens is 4. The highest BCUT2D eigenvalue weighted by molar-refractivity contribution is 6.12. The number of carboxylic acids is 1. The van der Waals surface area contributed by atoms with Crippen LogP contribution in [-0.4, -0.2) is 55.6 Å². The third-order valence-electron chi connectivity index (χ3n) is 7.14. The lowest BCUT2D eigenvalue weighted by molar-refractivity contribution is 0.0697. The Morgan fingerprint density at radius 1 is 1.05 bits per heavy atom. The number of ether oxygens (including phenoxy) is 1. The molecule has 3 heterocycles. The maximum absolute atomic E-state index is 13.9. The lowest BCUT2D eigenvalue weighted by Crippen LogP contribution is -2.27. The van der Waals surface area contributed by atoms with Gasteiger partial charge in [-0.15, -0.1) is 0 Å². The minimum atomic E-state index is -1.24. The van der Waals surface area contributed by atoms with Crippen molar-refractivity contribution < 1.29 is 24.2 Å². The van der Waals surface area contributed by atoms with Crippen LogP contribution in [-0.2, 0) is 6.54 Å². The Kier molecular flexibility index (Phi) is 7.02. The number of nitrogens with one attached hydrogen (secondary N) is 3. The van der Waals surface area contributed by atoms with Crippen molar-refractivity contribution in [3.63, 3.8) is 0 Å². The van der Waals surface area contributed by atoms with E-state index >= 15 is 0 Å². The van der Waals surface area contributed by atoms with E-state index in [0.717, 1.165) is 0 Å². The number of benzene rings is 3. The fourth-order valence-electron chi connectivity index (χ4n) is 5.07. The highest BCUT2D eigenvalue weighted by atomic mass is 16.5. The number of carboxylic acid groups (broad SMARTS) is 1. The molecule has 1 aliphatic heterocycles. The third-order valence-corrected chi connectivity index (χ3v) is 7.14. The minimum Gasteiger partial charge on any atom is -0.491 e. The molecule has 0 spiro atoms. The number of amides is 2. The monoisotopic (exact) mass is 579 g/mol.